The molecule has 0 radical (unpaired) electrons. The highest BCUT2D eigenvalue weighted by molar-refractivity contribution is 7.99. The van der Waals surface area contributed by atoms with Gasteiger partial charge in [0, 0.05) is 25.8 Å². The SMILES string of the molecule is COCCN(C(=O)CSc1nnc(-c2ccc(F)cc2)n1N)c1c(N)n(CC(C)C)c(=O)[nH]c1=O. The van der Waals surface area contributed by atoms with Crippen LogP contribution in [-0.4, -0.2) is 56.3 Å². The topological polar surface area (TPSA) is 167 Å². The molecule has 2 aromatic heterocycles. The minimum Gasteiger partial charge on any atom is -0.383 e. The molecule has 0 saturated carbocycles. The number of benzene rings is 1. The van der Waals surface area contributed by atoms with Crippen LogP contribution in [0.1, 0.15) is 13.8 Å². The molecule has 3 rings (SSSR count). The number of aromatic nitrogens is 5. The van der Waals surface area contributed by atoms with Gasteiger partial charge < -0.3 is 21.2 Å². The molecule has 0 bridgehead atoms. The Balaban J connectivity index is 1.87. The van der Waals surface area contributed by atoms with Crippen molar-refractivity contribution in [2.24, 2.45) is 5.92 Å². The molecular formula is C21H27FN8O4S. The fraction of sp³-hybridized carbons (Fsp3) is 0.381. The second-order valence-electron chi connectivity index (χ2n) is 8.01. The fourth-order valence-corrected chi connectivity index (χ4v) is 4.04. The summed E-state index contributed by atoms with van der Waals surface area (Å²) in [6, 6.07) is 5.56. The van der Waals surface area contributed by atoms with Gasteiger partial charge in [0.15, 0.2) is 11.5 Å². The molecule has 0 unspecified atom stereocenters. The van der Waals surface area contributed by atoms with Gasteiger partial charge in [0.1, 0.15) is 11.6 Å². The molecule has 1 amide bonds. The molecule has 188 valence electrons. The van der Waals surface area contributed by atoms with Gasteiger partial charge >= 0.3 is 5.69 Å². The van der Waals surface area contributed by atoms with E-state index in [9.17, 15) is 18.8 Å². The van der Waals surface area contributed by atoms with Crippen molar-refractivity contribution in [3.05, 3.63) is 50.9 Å². The van der Waals surface area contributed by atoms with Gasteiger partial charge in [-0.05, 0) is 30.2 Å². The Hall–Kier alpha value is -3.65. The predicted molar refractivity (Wildman–Crippen MR) is 131 cm³/mol. The van der Waals surface area contributed by atoms with E-state index in [-0.39, 0.29) is 53.9 Å². The first-order valence-electron chi connectivity index (χ1n) is 10.6. The number of H-pyrrole nitrogens is 1. The maximum Gasteiger partial charge on any atom is 0.330 e. The van der Waals surface area contributed by atoms with Gasteiger partial charge in [0.2, 0.25) is 11.1 Å². The van der Waals surface area contributed by atoms with E-state index in [1.54, 1.807) is 0 Å². The Labute approximate surface area is 204 Å². The Morgan fingerprint density at radius 3 is 2.57 bits per heavy atom. The third-order valence-electron chi connectivity index (χ3n) is 4.94. The van der Waals surface area contributed by atoms with Gasteiger partial charge in [-0.25, -0.2) is 13.9 Å². The lowest BCUT2D eigenvalue weighted by atomic mass is 10.2. The zero-order chi connectivity index (χ0) is 25.7. The van der Waals surface area contributed by atoms with Crippen molar-refractivity contribution in [3.8, 4) is 11.4 Å². The van der Waals surface area contributed by atoms with Crippen LogP contribution in [-0.2, 0) is 16.1 Å². The molecule has 3 aromatic rings. The molecule has 0 aliphatic heterocycles. The summed E-state index contributed by atoms with van der Waals surface area (Å²) in [6.07, 6.45) is 0. The molecule has 0 aliphatic rings. The van der Waals surface area contributed by atoms with Crippen LogP contribution in [0.4, 0.5) is 15.9 Å². The largest absolute Gasteiger partial charge is 0.383 e. The summed E-state index contributed by atoms with van der Waals surface area (Å²) in [7, 11) is 1.46. The van der Waals surface area contributed by atoms with E-state index in [1.807, 2.05) is 13.8 Å². The molecule has 12 nitrogen and oxygen atoms in total. The number of carbonyl (C=O) groups is 1. The number of rotatable bonds is 10. The third kappa shape index (κ3) is 5.89. The van der Waals surface area contributed by atoms with Gasteiger partial charge in [0.05, 0.1) is 12.4 Å². The smallest absolute Gasteiger partial charge is 0.330 e. The summed E-state index contributed by atoms with van der Waals surface area (Å²) in [4.78, 5) is 41.5. The molecule has 5 N–H and O–H groups in total. The summed E-state index contributed by atoms with van der Waals surface area (Å²) in [5, 5.41) is 8.24. The number of anilines is 2. The number of halogens is 1. The zero-order valence-electron chi connectivity index (χ0n) is 19.5. The highest BCUT2D eigenvalue weighted by atomic mass is 32.2. The van der Waals surface area contributed by atoms with E-state index in [4.69, 9.17) is 16.3 Å². The van der Waals surface area contributed by atoms with Crippen LogP contribution >= 0.6 is 11.8 Å². The molecule has 14 heteroatoms. The van der Waals surface area contributed by atoms with Crippen molar-refractivity contribution < 1.29 is 13.9 Å². The van der Waals surface area contributed by atoms with E-state index >= 15 is 0 Å². The number of nitrogens with zero attached hydrogens (tertiary/aromatic N) is 5. The van der Waals surface area contributed by atoms with E-state index in [2.05, 4.69) is 15.2 Å². The van der Waals surface area contributed by atoms with Crippen molar-refractivity contribution in [2.45, 2.75) is 25.5 Å². The summed E-state index contributed by atoms with van der Waals surface area (Å²) in [6.45, 7) is 4.20. The lowest BCUT2D eigenvalue weighted by Crippen LogP contribution is -2.43. The number of amides is 1. The first-order chi connectivity index (χ1) is 16.6. The lowest BCUT2D eigenvalue weighted by Gasteiger charge is -2.24. The van der Waals surface area contributed by atoms with Gasteiger partial charge in [-0.15, -0.1) is 10.2 Å². The number of nitrogens with two attached hydrogens (primary N) is 2. The molecular weight excluding hydrogens is 479 g/mol. The molecule has 0 atom stereocenters. The van der Waals surface area contributed by atoms with Crippen LogP contribution in [0.2, 0.25) is 0 Å². The van der Waals surface area contributed by atoms with E-state index in [0.717, 1.165) is 11.8 Å². The molecule has 35 heavy (non-hydrogen) atoms. The van der Waals surface area contributed by atoms with Crippen LogP contribution in [0.5, 0.6) is 0 Å². The Kier molecular flexibility index (Phi) is 8.30. The number of ether oxygens (including phenoxy) is 1. The Morgan fingerprint density at radius 1 is 1.26 bits per heavy atom. The van der Waals surface area contributed by atoms with E-state index in [1.165, 1.54) is 45.5 Å². The number of hydrogen-bond acceptors (Lipinski definition) is 9. The number of thioether (sulfide) groups is 1. The first kappa shape index (κ1) is 26.0. The summed E-state index contributed by atoms with van der Waals surface area (Å²) >= 11 is 0.997. The van der Waals surface area contributed by atoms with Crippen LogP contribution in [0, 0.1) is 11.7 Å². The molecule has 0 saturated heterocycles. The van der Waals surface area contributed by atoms with Gasteiger partial charge in [-0.2, -0.15) is 0 Å². The van der Waals surface area contributed by atoms with Crippen LogP contribution in [0.25, 0.3) is 11.4 Å². The Morgan fingerprint density at radius 2 is 1.94 bits per heavy atom. The molecule has 0 aliphatic carbocycles. The number of aromatic amines is 1. The standard InChI is InChI=1S/C21H27FN8O4S/c1-12(2)10-29-17(23)16(19(32)25-20(29)33)28(8-9-34-3)15(31)11-35-21-27-26-18(30(21)24)13-4-6-14(22)7-5-13/h4-7,12H,8-11,23-24H2,1-3H3,(H,25,32,33). The average Bonchev–Trinajstić information content (AvgIpc) is 3.17. The maximum absolute atomic E-state index is 13.2. The first-order valence-corrected chi connectivity index (χ1v) is 11.6. The van der Waals surface area contributed by atoms with Crippen LogP contribution in [0.3, 0.4) is 0 Å². The van der Waals surface area contributed by atoms with Crippen molar-refractivity contribution >= 4 is 29.2 Å². The van der Waals surface area contributed by atoms with Crippen molar-refractivity contribution in [3.63, 3.8) is 0 Å². The highest BCUT2D eigenvalue weighted by Gasteiger charge is 2.25. The van der Waals surface area contributed by atoms with Crippen LogP contribution in [0.15, 0.2) is 39.0 Å². The minimum absolute atomic E-state index is 0.0270. The molecule has 1 aromatic carbocycles. The van der Waals surface area contributed by atoms with Gasteiger partial charge in [-0.3, -0.25) is 19.1 Å². The predicted octanol–water partition coefficient (Wildman–Crippen LogP) is 0.658. The number of hydrogen-bond donors (Lipinski definition) is 3. The summed E-state index contributed by atoms with van der Waals surface area (Å²) in [5.41, 5.74) is 5.17. The Bertz CT molecular complexity index is 1300. The monoisotopic (exact) mass is 506 g/mol. The van der Waals surface area contributed by atoms with Gasteiger partial charge in [0.25, 0.3) is 5.56 Å². The average molecular weight is 507 g/mol. The minimum atomic E-state index is -0.775. The van der Waals surface area contributed by atoms with E-state index < -0.39 is 23.0 Å². The fourth-order valence-electron chi connectivity index (χ4n) is 3.30. The second kappa shape index (κ2) is 11.2. The quantitative estimate of drug-likeness (QED) is 0.264. The highest BCUT2D eigenvalue weighted by Crippen LogP contribution is 2.24. The number of carbonyl (C=O) groups excluding carboxylic acids is 1. The van der Waals surface area contributed by atoms with Crippen LogP contribution < -0.4 is 27.7 Å². The van der Waals surface area contributed by atoms with Crippen molar-refractivity contribution in [1.82, 2.24) is 24.4 Å². The second-order valence-corrected chi connectivity index (χ2v) is 8.95. The van der Waals surface area contributed by atoms with Gasteiger partial charge in [-0.1, -0.05) is 25.6 Å². The number of nitrogen functional groups attached to an aromatic ring is 2. The zero-order valence-corrected chi connectivity index (χ0v) is 20.3. The number of nitrogens with one attached hydrogen (secondary N) is 1. The number of methoxy groups -OCH3 is 1. The van der Waals surface area contributed by atoms with Crippen molar-refractivity contribution in [2.75, 3.05) is 42.5 Å². The van der Waals surface area contributed by atoms with E-state index in [0.29, 0.717) is 5.56 Å². The lowest BCUT2D eigenvalue weighted by molar-refractivity contribution is -0.116. The summed E-state index contributed by atoms with van der Waals surface area (Å²) < 4.78 is 20.7. The normalized spacial score (nSPS) is 11.2. The molecule has 0 spiro atoms. The maximum atomic E-state index is 13.2. The molecule has 0 fully saturated rings. The third-order valence-corrected chi connectivity index (χ3v) is 5.87. The van der Waals surface area contributed by atoms with Crippen molar-refractivity contribution in [1.29, 1.82) is 0 Å². The molecule has 2 heterocycles. The summed E-state index contributed by atoms with van der Waals surface area (Å²) in [5.74, 6) is 5.28.